The van der Waals surface area contributed by atoms with Crippen LogP contribution in [0.2, 0.25) is 10.0 Å². The van der Waals surface area contributed by atoms with Crippen molar-refractivity contribution in [3.05, 3.63) is 57.6 Å². The number of nitrogens with one attached hydrogen (secondary N) is 2. The summed E-state index contributed by atoms with van der Waals surface area (Å²) in [5, 5.41) is 14.6. The zero-order chi connectivity index (χ0) is 18.6. The number of carboxylic acids is 1. The first kappa shape index (κ1) is 19.0. The highest BCUT2D eigenvalue weighted by molar-refractivity contribution is 7.80. The van der Waals surface area contributed by atoms with Crippen molar-refractivity contribution in [3.63, 3.8) is 0 Å². The fourth-order valence-electron chi connectivity index (χ4n) is 2.00. The fourth-order valence-corrected chi connectivity index (χ4v) is 2.78. The number of hydrogen-bond donors (Lipinski definition) is 3. The van der Waals surface area contributed by atoms with E-state index in [0.717, 1.165) is 0 Å². The first-order valence-electron chi connectivity index (χ1n) is 6.80. The summed E-state index contributed by atoms with van der Waals surface area (Å²) in [5.74, 6) is -1.48. The normalized spacial score (nSPS) is 10.0. The van der Waals surface area contributed by atoms with Gasteiger partial charge in [-0.25, -0.2) is 4.79 Å². The fraction of sp³-hybridized carbons (Fsp3) is 0.0625. The van der Waals surface area contributed by atoms with Gasteiger partial charge < -0.3 is 15.2 Å². The van der Waals surface area contributed by atoms with Gasteiger partial charge in [0.1, 0.15) is 5.75 Å². The topological polar surface area (TPSA) is 87.7 Å². The average molecular weight is 399 g/mol. The van der Waals surface area contributed by atoms with Crippen molar-refractivity contribution in [2.45, 2.75) is 0 Å². The molecule has 130 valence electrons. The number of benzene rings is 2. The number of hydrogen-bond acceptors (Lipinski definition) is 4. The molecular weight excluding hydrogens is 387 g/mol. The van der Waals surface area contributed by atoms with Crippen molar-refractivity contribution in [1.82, 2.24) is 5.32 Å². The Balaban J connectivity index is 2.15. The number of carboxylic acid groups (broad SMARTS) is 1. The van der Waals surface area contributed by atoms with Crippen molar-refractivity contribution in [3.8, 4) is 5.75 Å². The molecule has 0 fully saturated rings. The van der Waals surface area contributed by atoms with Crippen LogP contribution in [0.1, 0.15) is 20.7 Å². The molecule has 0 saturated heterocycles. The molecule has 1 amide bonds. The van der Waals surface area contributed by atoms with Gasteiger partial charge in [-0.2, -0.15) is 0 Å². The summed E-state index contributed by atoms with van der Waals surface area (Å²) in [6.45, 7) is 0. The molecule has 0 unspecified atom stereocenters. The van der Waals surface area contributed by atoms with Crippen LogP contribution in [0.3, 0.4) is 0 Å². The quantitative estimate of drug-likeness (QED) is 0.678. The SMILES string of the molecule is COc1c(Cl)cc(Cl)cc1C(=O)NC(=S)Nc1cccc(C(=O)O)c1. The summed E-state index contributed by atoms with van der Waals surface area (Å²) >= 11 is 17.0. The number of carbonyl (C=O) groups excluding carboxylic acids is 1. The molecule has 2 rings (SSSR count). The molecule has 0 heterocycles. The first-order chi connectivity index (χ1) is 11.8. The Hall–Kier alpha value is -2.35. The highest BCUT2D eigenvalue weighted by Crippen LogP contribution is 2.32. The minimum absolute atomic E-state index is 0.0225. The summed E-state index contributed by atoms with van der Waals surface area (Å²) in [6.07, 6.45) is 0. The monoisotopic (exact) mass is 398 g/mol. The van der Waals surface area contributed by atoms with E-state index in [1.807, 2.05) is 0 Å². The van der Waals surface area contributed by atoms with Crippen molar-refractivity contribution >= 4 is 58.1 Å². The van der Waals surface area contributed by atoms with E-state index in [9.17, 15) is 9.59 Å². The van der Waals surface area contributed by atoms with Crippen LogP contribution in [0.4, 0.5) is 5.69 Å². The van der Waals surface area contributed by atoms with Gasteiger partial charge in [0.25, 0.3) is 5.91 Å². The average Bonchev–Trinajstić information content (AvgIpc) is 2.54. The molecule has 0 saturated carbocycles. The van der Waals surface area contributed by atoms with Crippen LogP contribution in [0.25, 0.3) is 0 Å². The van der Waals surface area contributed by atoms with Crippen molar-refractivity contribution < 1.29 is 19.4 Å². The Morgan fingerprint density at radius 2 is 1.92 bits per heavy atom. The molecule has 0 aromatic heterocycles. The number of halogens is 2. The lowest BCUT2D eigenvalue weighted by Crippen LogP contribution is -2.34. The van der Waals surface area contributed by atoms with E-state index < -0.39 is 11.9 Å². The molecule has 3 N–H and O–H groups in total. The summed E-state index contributed by atoms with van der Waals surface area (Å²) < 4.78 is 5.11. The molecule has 2 aromatic carbocycles. The number of thiocarbonyl (C=S) groups is 1. The van der Waals surface area contributed by atoms with Crippen LogP contribution < -0.4 is 15.4 Å². The highest BCUT2D eigenvalue weighted by atomic mass is 35.5. The van der Waals surface area contributed by atoms with Gasteiger partial charge in [0.15, 0.2) is 5.11 Å². The third kappa shape index (κ3) is 4.82. The van der Waals surface area contributed by atoms with Gasteiger partial charge >= 0.3 is 5.97 Å². The maximum atomic E-state index is 12.4. The zero-order valence-electron chi connectivity index (χ0n) is 12.8. The summed E-state index contributed by atoms with van der Waals surface area (Å²) in [4.78, 5) is 23.3. The molecule has 0 atom stereocenters. The first-order valence-corrected chi connectivity index (χ1v) is 7.97. The standard InChI is InChI=1S/C16H12Cl2N2O4S/c1-24-13-11(6-9(17)7-12(13)18)14(21)20-16(25)19-10-4-2-3-8(5-10)15(22)23/h2-7H,1H3,(H,22,23)(H2,19,20,21,25). The molecule has 0 bridgehead atoms. The smallest absolute Gasteiger partial charge is 0.335 e. The lowest BCUT2D eigenvalue weighted by atomic mass is 10.2. The lowest BCUT2D eigenvalue weighted by Gasteiger charge is -2.13. The number of anilines is 1. The number of methoxy groups -OCH3 is 1. The van der Waals surface area contributed by atoms with Crippen molar-refractivity contribution in [2.75, 3.05) is 12.4 Å². The Bertz CT molecular complexity index is 858. The Labute approximate surface area is 158 Å². The van der Waals surface area contributed by atoms with Gasteiger partial charge in [-0.1, -0.05) is 29.3 Å². The largest absolute Gasteiger partial charge is 0.494 e. The van der Waals surface area contributed by atoms with Gasteiger partial charge in [0.05, 0.1) is 23.3 Å². The molecule has 0 aliphatic heterocycles. The van der Waals surface area contributed by atoms with E-state index in [1.165, 1.54) is 31.4 Å². The highest BCUT2D eigenvalue weighted by Gasteiger charge is 2.18. The van der Waals surface area contributed by atoms with Gasteiger partial charge in [-0.3, -0.25) is 10.1 Å². The Morgan fingerprint density at radius 1 is 1.20 bits per heavy atom. The van der Waals surface area contributed by atoms with Gasteiger partial charge in [-0.15, -0.1) is 0 Å². The molecule has 0 radical (unpaired) electrons. The van der Waals surface area contributed by atoms with E-state index in [0.29, 0.717) is 5.69 Å². The van der Waals surface area contributed by atoms with E-state index >= 15 is 0 Å². The third-order valence-corrected chi connectivity index (χ3v) is 3.75. The van der Waals surface area contributed by atoms with Gasteiger partial charge in [0, 0.05) is 10.7 Å². The van der Waals surface area contributed by atoms with Crippen molar-refractivity contribution in [2.24, 2.45) is 0 Å². The maximum absolute atomic E-state index is 12.4. The Kier molecular flexibility index (Phi) is 6.19. The predicted octanol–water partition coefficient (Wildman–Crippen LogP) is 3.83. The van der Waals surface area contributed by atoms with Gasteiger partial charge in [0.2, 0.25) is 0 Å². The summed E-state index contributed by atoms with van der Waals surface area (Å²) in [6, 6.07) is 8.84. The van der Waals surface area contributed by atoms with Gasteiger partial charge in [-0.05, 0) is 42.5 Å². The molecule has 2 aromatic rings. The van der Waals surface area contributed by atoms with Crippen LogP contribution in [0, 0.1) is 0 Å². The lowest BCUT2D eigenvalue weighted by molar-refractivity contribution is 0.0696. The second kappa shape index (κ2) is 8.15. The zero-order valence-corrected chi connectivity index (χ0v) is 15.1. The predicted molar refractivity (Wildman–Crippen MR) is 100 cm³/mol. The Morgan fingerprint density at radius 3 is 2.56 bits per heavy atom. The number of rotatable bonds is 4. The van der Waals surface area contributed by atoms with Crippen LogP contribution in [-0.2, 0) is 0 Å². The van der Waals surface area contributed by atoms with Crippen molar-refractivity contribution in [1.29, 1.82) is 0 Å². The summed E-state index contributed by atoms with van der Waals surface area (Å²) in [5.41, 5.74) is 0.618. The van der Waals surface area contributed by atoms with Crippen LogP contribution in [0.5, 0.6) is 5.75 Å². The molecule has 0 spiro atoms. The van der Waals surface area contributed by atoms with Crippen LogP contribution in [-0.4, -0.2) is 29.2 Å². The summed E-state index contributed by atoms with van der Waals surface area (Å²) in [7, 11) is 1.37. The van der Waals surface area contributed by atoms with Crippen LogP contribution in [0.15, 0.2) is 36.4 Å². The van der Waals surface area contributed by atoms with E-state index in [2.05, 4.69) is 10.6 Å². The molecule has 0 aliphatic carbocycles. The minimum Gasteiger partial charge on any atom is -0.494 e. The molecule has 6 nitrogen and oxygen atoms in total. The second-order valence-corrected chi connectivity index (χ2v) is 6.01. The number of aromatic carboxylic acids is 1. The minimum atomic E-state index is -1.07. The molecule has 25 heavy (non-hydrogen) atoms. The second-order valence-electron chi connectivity index (χ2n) is 4.76. The number of carbonyl (C=O) groups is 2. The number of amides is 1. The number of ether oxygens (including phenoxy) is 1. The molecule has 0 aliphatic rings. The molecular formula is C16H12Cl2N2O4S. The van der Waals surface area contributed by atoms with E-state index in [-0.39, 0.29) is 32.0 Å². The van der Waals surface area contributed by atoms with E-state index in [4.69, 9.17) is 45.3 Å². The maximum Gasteiger partial charge on any atom is 0.335 e. The van der Waals surface area contributed by atoms with Crippen LogP contribution >= 0.6 is 35.4 Å². The third-order valence-electron chi connectivity index (χ3n) is 3.05. The van der Waals surface area contributed by atoms with E-state index in [1.54, 1.807) is 12.1 Å². The molecule has 9 heteroatoms.